The minimum Gasteiger partial charge on any atom is -0.493 e. The predicted molar refractivity (Wildman–Crippen MR) is 125 cm³/mol. The zero-order valence-corrected chi connectivity index (χ0v) is 19.7. The molecule has 158 valence electrons. The third-order valence-corrected chi connectivity index (χ3v) is 5.18. The van der Waals surface area contributed by atoms with Crippen molar-refractivity contribution >= 4 is 28.8 Å². The topological polar surface area (TPSA) is 70.8 Å². The number of ether oxygens (including phenoxy) is 3. The highest BCUT2D eigenvalue weighted by molar-refractivity contribution is 14.1. The second-order valence-corrected chi connectivity index (χ2v) is 8.18. The normalized spacial score (nSPS) is 11.3. The monoisotopic (exact) mass is 520 g/mol. The predicted octanol–water partition coefficient (Wildman–Crippen LogP) is 4.66. The molecule has 0 fully saturated rings. The van der Waals surface area contributed by atoms with Crippen LogP contribution in [-0.4, -0.2) is 41.4 Å². The van der Waals surface area contributed by atoms with Gasteiger partial charge in [0.25, 0.3) is 0 Å². The largest absolute Gasteiger partial charge is 0.493 e. The highest BCUT2D eigenvalue weighted by atomic mass is 127. The van der Waals surface area contributed by atoms with Crippen molar-refractivity contribution in [2.45, 2.75) is 26.7 Å². The van der Waals surface area contributed by atoms with Gasteiger partial charge in [-0.05, 0) is 70.3 Å². The number of nitrogens with zero attached hydrogens (tertiary/aromatic N) is 4. The van der Waals surface area contributed by atoms with Crippen molar-refractivity contribution in [1.29, 1.82) is 0 Å². The van der Waals surface area contributed by atoms with Gasteiger partial charge in [-0.2, -0.15) is 5.10 Å². The van der Waals surface area contributed by atoms with E-state index in [2.05, 4.69) is 76.9 Å². The minimum absolute atomic E-state index is 0.398. The summed E-state index contributed by atoms with van der Waals surface area (Å²) in [5.41, 5.74) is 3.26. The van der Waals surface area contributed by atoms with Crippen LogP contribution >= 0.6 is 22.6 Å². The Balaban J connectivity index is 1.65. The number of hydrogen-bond acceptors (Lipinski definition) is 6. The van der Waals surface area contributed by atoms with Crippen LogP contribution in [0.15, 0.2) is 48.1 Å². The Morgan fingerprint density at radius 2 is 1.80 bits per heavy atom. The summed E-state index contributed by atoms with van der Waals surface area (Å²) < 4.78 is 20.0. The molecule has 0 atom stereocenters. The molecule has 2 aromatic carbocycles. The Morgan fingerprint density at radius 3 is 2.50 bits per heavy atom. The van der Waals surface area contributed by atoms with Crippen LogP contribution < -0.4 is 14.2 Å². The Hall–Kier alpha value is -2.62. The maximum absolute atomic E-state index is 6.01. The van der Waals surface area contributed by atoms with Crippen molar-refractivity contribution in [2.24, 2.45) is 5.10 Å². The summed E-state index contributed by atoms with van der Waals surface area (Å²) in [4.78, 5) is 0. The van der Waals surface area contributed by atoms with E-state index in [-0.39, 0.29) is 0 Å². The maximum Gasteiger partial charge on any atom is 0.174 e. The van der Waals surface area contributed by atoms with Crippen LogP contribution in [0.5, 0.6) is 17.2 Å². The lowest BCUT2D eigenvalue weighted by Crippen LogP contribution is -2.11. The summed E-state index contributed by atoms with van der Waals surface area (Å²) in [6, 6.07) is 10.2. The summed E-state index contributed by atoms with van der Waals surface area (Å²) in [5, 5.41) is 11.7. The van der Waals surface area contributed by atoms with E-state index in [1.54, 1.807) is 13.3 Å². The summed E-state index contributed by atoms with van der Waals surface area (Å²) in [7, 11) is 1.62. The fourth-order valence-corrected chi connectivity index (χ4v) is 3.66. The lowest BCUT2D eigenvalue weighted by Gasteiger charge is -2.16. The molecular formula is C22H25IN4O3. The van der Waals surface area contributed by atoms with E-state index in [4.69, 9.17) is 14.2 Å². The molecule has 3 aromatic rings. The molecule has 8 heteroatoms. The average molecular weight is 520 g/mol. The van der Waals surface area contributed by atoms with E-state index in [1.165, 1.54) is 28.5 Å². The summed E-state index contributed by atoms with van der Waals surface area (Å²) in [6.45, 7) is 7.24. The summed E-state index contributed by atoms with van der Waals surface area (Å²) >= 11 is 2.23. The fraction of sp³-hybridized carbons (Fsp3) is 0.318. The number of aryl methyl sites for hydroxylation is 1. The minimum atomic E-state index is 0.398. The van der Waals surface area contributed by atoms with Crippen LogP contribution in [0.25, 0.3) is 0 Å². The van der Waals surface area contributed by atoms with Gasteiger partial charge in [0.05, 0.1) is 16.9 Å². The molecule has 0 N–H and O–H groups in total. The molecule has 0 aliphatic heterocycles. The number of aromatic nitrogens is 3. The van der Waals surface area contributed by atoms with Crippen molar-refractivity contribution in [3.8, 4) is 17.2 Å². The van der Waals surface area contributed by atoms with E-state index in [9.17, 15) is 0 Å². The quantitative estimate of drug-likeness (QED) is 0.233. The first-order valence-corrected chi connectivity index (χ1v) is 10.7. The van der Waals surface area contributed by atoms with Crippen LogP contribution in [-0.2, 0) is 0 Å². The van der Waals surface area contributed by atoms with Gasteiger partial charge in [-0.3, -0.25) is 0 Å². The van der Waals surface area contributed by atoms with E-state index >= 15 is 0 Å². The molecule has 7 nitrogen and oxygen atoms in total. The smallest absolute Gasteiger partial charge is 0.174 e. The van der Waals surface area contributed by atoms with Crippen LogP contribution in [0.1, 0.15) is 36.5 Å². The van der Waals surface area contributed by atoms with Crippen molar-refractivity contribution in [1.82, 2.24) is 14.9 Å². The van der Waals surface area contributed by atoms with Crippen molar-refractivity contribution < 1.29 is 14.2 Å². The van der Waals surface area contributed by atoms with E-state index in [0.717, 1.165) is 14.9 Å². The second-order valence-electron chi connectivity index (χ2n) is 7.01. The van der Waals surface area contributed by atoms with Gasteiger partial charge >= 0.3 is 0 Å². The fourth-order valence-electron chi connectivity index (χ4n) is 2.88. The van der Waals surface area contributed by atoms with E-state index < -0.39 is 0 Å². The van der Waals surface area contributed by atoms with Gasteiger partial charge < -0.3 is 14.2 Å². The molecule has 0 spiro atoms. The van der Waals surface area contributed by atoms with Gasteiger partial charge in [0.15, 0.2) is 11.5 Å². The molecule has 0 saturated heterocycles. The SMILES string of the molecule is COc1cc(/C=N/n2cnnc2)cc(I)c1OCCOc1cc(C)ccc1C(C)C. The number of benzene rings is 2. The third-order valence-electron chi connectivity index (χ3n) is 4.38. The van der Waals surface area contributed by atoms with Crippen LogP contribution in [0.3, 0.4) is 0 Å². The molecular weight excluding hydrogens is 495 g/mol. The van der Waals surface area contributed by atoms with Crippen LogP contribution in [0.2, 0.25) is 0 Å². The molecule has 0 unspecified atom stereocenters. The Labute approximate surface area is 190 Å². The van der Waals surface area contributed by atoms with Gasteiger partial charge in [0.2, 0.25) is 0 Å². The standard InChI is InChI=1S/C22H25IN4O3/c1-15(2)18-6-5-16(3)9-20(18)29-7-8-30-22-19(23)10-17(11-21(22)28-4)12-26-27-13-24-25-14-27/h5-6,9-15H,7-8H2,1-4H3/b26-12+. The molecule has 0 amide bonds. The highest BCUT2D eigenvalue weighted by Gasteiger charge is 2.12. The molecule has 0 saturated carbocycles. The zero-order chi connectivity index (χ0) is 21.5. The van der Waals surface area contributed by atoms with E-state index in [0.29, 0.717) is 30.6 Å². The van der Waals surface area contributed by atoms with Crippen LogP contribution in [0, 0.1) is 10.5 Å². The first-order valence-electron chi connectivity index (χ1n) is 9.60. The summed E-state index contributed by atoms with van der Waals surface area (Å²) in [6.07, 6.45) is 4.76. The lowest BCUT2D eigenvalue weighted by molar-refractivity contribution is 0.209. The molecule has 1 heterocycles. The zero-order valence-electron chi connectivity index (χ0n) is 17.5. The number of halogens is 1. The Kier molecular flexibility index (Phi) is 7.67. The van der Waals surface area contributed by atoms with Crippen molar-refractivity contribution in [3.63, 3.8) is 0 Å². The van der Waals surface area contributed by atoms with Gasteiger partial charge in [-0.15, -0.1) is 10.2 Å². The summed E-state index contributed by atoms with van der Waals surface area (Å²) in [5.74, 6) is 2.65. The van der Waals surface area contributed by atoms with Crippen molar-refractivity contribution in [3.05, 3.63) is 63.2 Å². The number of methoxy groups -OCH3 is 1. The molecule has 0 aliphatic rings. The number of rotatable bonds is 9. The Bertz CT molecular complexity index is 1000. The Morgan fingerprint density at radius 1 is 1.07 bits per heavy atom. The molecule has 3 rings (SSSR count). The maximum atomic E-state index is 6.01. The lowest BCUT2D eigenvalue weighted by atomic mass is 10.0. The second kappa shape index (κ2) is 10.4. The van der Waals surface area contributed by atoms with Gasteiger partial charge in [-0.1, -0.05) is 26.0 Å². The van der Waals surface area contributed by atoms with Gasteiger partial charge in [0, 0.05) is 0 Å². The average Bonchev–Trinajstić information content (AvgIpc) is 3.24. The van der Waals surface area contributed by atoms with Gasteiger partial charge in [-0.25, -0.2) is 4.68 Å². The highest BCUT2D eigenvalue weighted by Crippen LogP contribution is 2.34. The molecule has 0 bridgehead atoms. The first-order chi connectivity index (χ1) is 14.5. The number of hydrogen-bond donors (Lipinski definition) is 0. The first kappa shape index (κ1) is 22.1. The molecule has 1 aromatic heterocycles. The van der Waals surface area contributed by atoms with Crippen LogP contribution in [0.4, 0.5) is 0 Å². The third kappa shape index (κ3) is 5.71. The van der Waals surface area contributed by atoms with Crippen molar-refractivity contribution in [2.75, 3.05) is 20.3 Å². The molecule has 30 heavy (non-hydrogen) atoms. The van der Waals surface area contributed by atoms with Gasteiger partial charge in [0.1, 0.15) is 31.6 Å². The molecule has 0 aliphatic carbocycles. The molecule has 0 radical (unpaired) electrons. The van der Waals surface area contributed by atoms with E-state index in [1.807, 2.05) is 12.1 Å².